The van der Waals surface area contributed by atoms with Crippen LogP contribution in [0.3, 0.4) is 0 Å². The molecule has 3 rings (SSSR count). The zero-order valence-corrected chi connectivity index (χ0v) is 20.1. The van der Waals surface area contributed by atoms with E-state index >= 15 is 0 Å². The van der Waals surface area contributed by atoms with Crippen LogP contribution in [0.2, 0.25) is 10.0 Å². The van der Waals surface area contributed by atoms with Crippen LogP contribution in [0.25, 0.3) is 0 Å². The molecule has 2 aromatic rings. The zero-order chi connectivity index (χ0) is 21.8. The number of likely N-dealkylation sites (tertiary alicyclic amines) is 1. The highest BCUT2D eigenvalue weighted by Crippen LogP contribution is 2.49. The van der Waals surface area contributed by atoms with Crippen LogP contribution < -0.4 is 0 Å². The molecule has 30 heavy (non-hydrogen) atoms. The number of rotatable bonds is 7. The van der Waals surface area contributed by atoms with Crippen LogP contribution in [-0.4, -0.2) is 28.2 Å². The highest BCUT2D eigenvalue weighted by atomic mass is 35.5. The molecule has 164 valence electrons. The van der Waals surface area contributed by atoms with E-state index in [4.69, 9.17) is 23.2 Å². The van der Waals surface area contributed by atoms with E-state index in [1.54, 1.807) is 0 Å². The summed E-state index contributed by atoms with van der Waals surface area (Å²) in [6.45, 7) is 8.75. The lowest BCUT2D eigenvalue weighted by molar-refractivity contribution is -0.0544. The second-order valence-corrected chi connectivity index (χ2v) is 9.76. The lowest BCUT2D eigenvalue weighted by Gasteiger charge is -2.54. The molecule has 1 fully saturated rings. The molecule has 0 radical (unpaired) electrons. The van der Waals surface area contributed by atoms with Crippen molar-refractivity contribution in [3.8, 4) is 0 Å². The zero-order valence-electron chi connectivity index (χ0n) is 18.6. The second kappa shape index (κ2) is 10.5. The first-order chi connectivity index (χ1) is 14.4. The van der Waals surface area contributed by atoms with Gasteiger partial charge in [-0.3, -0.25) is 4.90 Å². The first-order valence-electron chi connectivity index (χ1n) is 11.3. The molecule has 1 aliphatic heterocycles. The summed E-state index contributed by atoms with van der Waals surface area (Å²) in [6, 6.07) is 17.3. The van der Waals surface area contributed by atoms with Gasteiger partial charge in [-0.1, -0.05) is 74.7 Å². The third-order valence-corrected chi connectivity index (χ3v) is 7.29. The SMILES string of the molecule is CCCC1C(C)CC(c2cccc(Cl)c2)C(c2ccc(Cl)cc2)N1[C@@H](CC)C(C)O. The summed E-state index contributed by atoms with van der Waals surface area (Å²) in [5, 5.41) is 12.3. The minimum Gasteiger partial charge on any atom is -0.392 e. The van der Waals surface area contributed by atoms with Gasteiger partial charge in [-0.05, 0) is 67.5 Å². The number of piperidine rings is 1. The van der Waals surface area contributed by atoms with E-state index in [9.17, 15) is 5.11 Å². The summed E-state index contributed by atoms with van der Waals surface area (Å²) < 4.78 is 0. The summed E-state index contributed by atoms with van der Waals surface area (Å²) >= 11 is 12.6. The molecule has 4 heteroatoms. The molecule has 1 aliphatic rings. The smallest absolute Gasteiger partial charge is 0.0667 e. The maximum atomic E-state index is 10.8. The van der Waals surface area contributed by atoms with Crippen LogP contribution in [0.4, 0.5) is 0 Å². The van der Waals surface area contributed by atoms with Gasteiger partial charge in [-0.2, -0.15) is 0 Å². The first kappa shape index (κ1) is 23.6. The Bertz CT molecular complexity index is 807. The van der Waals surface area contributed by atoms with Gasteiger partial charge < -0.3 is 5.11 Å². The van der Waals surface area contributed by atoms with Crippen LogP contribution in [-0.2, 0) is 0 Å². The molecule has 6 atom stereocenters. The molecule has 2 nitrogen and oxygen atoms in total. The fraction of sp³-hybridized carbons (Fsp3) is 0.538. The predicted octanol–water partition coefficient (Wildman–Crippen LogP) is 7.49. The molecule has 1 saturated heterocycles. The number of benzene rings is 2. The van der Waals surface area contributed by atoms with Gasteiger partial charge in [0, 0.05) is 34.1 Å². The van der Waals surface area contributed by atoms with Crippen LogP contribution >= 0.6 is 23.2 Å². The number of aliphatic hydroxyl groups is 1. The van der Waals surface area contributed by atoms with Crippen LogP contribution in [0, 0.1) is 5.92 Å². The maximum absolute atomic E-state index is 10.8. The van der Waals surface area contributed by atoms with Crippen molar-refractivity contribution in [2.75, 3.05) is 0 Å². The molecular formula is C26H35Cl2NO. The molecule has 0 aliphatic carbocycles. The predicted molar refractivity (Wildman–Crippen MR) is 128 cm³/mol. The van der Waals surface area contributed by atoms with Crippen molar-refractivity contribution < 1.29 is 5.11 Å². The van der Waals surface area contributed by atoms with Crippen LogP contribution in [0.5, 0.6) is 0 Å². The Labute approximate surface area is 192 Å². The molecule has 0 amide bonds. The molecule has 0 saturated carbocycles. The number of halogens is 2. The van der Waals surface area contributed by atoms with Crippen molar-refractivity contribution in [2.45, 2.75) is 83.5 Å². The van der Waals surface area contributed by atoms with Crippen molar-refractivity contribution in [3.05, 3.63) is 69.7 Å². The Morgan fingerprint density at radius 2 is 1.73 bits per heavy atom. The summed E-state index contributed by atoms with van der Waals surface area (Å²) in [7, 11) is 0. The van der Waals surface area contributed by atoms with E-state index < -0.39 is 6.10 Å². The van der Waals surface area contributed by atoms with Gasteiger partial charge in [-0.15, -0.1) is 0 Å². The van der Waals surface area contributed by atoms with Crippen molar-refractivity contribution in [1.82, 2.24) is 4.90 Å². The Morgan fingerprint density at radius 3 is 2.30 bits per heavy atom. The molecule has 5 unspecified atom stereocenters. The normalized spacial score (nSPS) is 27.0. The van der Waals surface area contributed by atoms with Crippen molar-refractivity contribution in [1.29, 1.82) is 0 Å². The summed E-state index contributed by atoms with van der Waals surface area (Å²) in [5.41, 5.74) is 2.53. The minimum absolute atomic E-state index is 0.103. The van der Waals surface area contributed by atoms with E-state index in [0.717, 1.165) is 35.7 Å². The Balaban J connectivity index is 2.17. The fourth-order valence-corrected chi connectivity index (χ4v) is 5.82. The van der Waals surface area contributed by atoms with E-state index in [2.05, 4.69) is 56.0 Å². The summed E-state index contributed by atoms with van der Waals surface area (Å²) in [4.78, 5) is 2.64. The van der Waals surface area contributed by atoms with E-state index in [-0.39, 0.29) is 12.1 Å². The van der Waals surface area contributed by atoms with Crippen LogP contribution in [0.1, 0.15) is 76.5 Å². The van der Waals surface area contributed by atoms with Gasteiger partial charge in [-0.25, -0.2) is 0 Å². The average Bonchev–Trinajstić information content (AvgIpc) is 2.71. The maximum Gasteiger partial charge on any atom is 0.0667 e. The van der Waals surface area contributed by atoms with E-state index in [1.165, 1.54) is 11.1 Å². The molecule has 0 spiro atoms. The number of hydrogen-bond donors (Lipinski definition) is 1. The molecular weight excluding hydrogens is 413 g/mol. The molecule has 0 bridgehead atoms. The lowest BCUT2D eigenvalue weighted by Crippen LogP contribution is -2.56. The van der Waals surface area contributed by atoms with Gasteiger partial charge in [0.05, 0.1) is 6.10 Å². The Morgan fingerprint density at radius 1 is 1.03 bits per heavy atom. The van der Waals surface area contributed by atoms with Crippen molar-refractivity contribution >= 4 is 23.2 Å². The fourth-order valence-electron chi connectivity index (χ4n) is 5.50. The Hall–Kier alpha value is -1.06. The summed E-state index contributed by atoms with van der Waals surface area (Å²) in [6.07, 6.45) is 3.89. The Kier molecular flexibility index (Phi) is 8.26. The average molecular weight is 448 g/mol. The third kappa shape index (κ3) is 5.05. The number of nitrogens with zero attached hydrogens (tertiary/aromatic N) is 1. The van der Waals surface area contributed by atoms with Gasteiger partial charge in [0.1, 0.15) is 0 Å². The minimum atomic E-state index is -0.394. The van der Waals surface area contributed by atoms with E-state index in [0.29, 0.717) is 17.9 Å². The van der Waals surface area contributed by atoms with Crippen molar-refractivity contribution in [3.63, 3.8) is 0 Å². The molecule has 1 N–H and O–H groups in total. The quantitative estimate of drug-likeness (QED) is 0.474. The highest BCUT2D eigenvalue weighted by Gasteiger charge is 2.45. The van der Waals surface area contributed by atoms with E-state index in [1.807, 2.05) is 25.1 Å². The monoisotopic (exact) mass is 447 g/mol. The third-order valence-electron chi connectivity index (χ3n) is 6.80. The van der Waals surface area contributed by atoms with Gasteiger partial charge >= 0.3 is 0 Å². The van der Waals surface area contributed by atoms with Gasteiger partial charge in [0.2, 0.25) is 0 Å². The highest BCUT2D eigenvalue weighted by molar-refractivity contribution is 6.30. The lowest BCUT2D eigenvalue weighted by atomic mass is 9.71. The second-order valence-electron chi connectivity index (χ2n) is 8.89. The summed E-state index contributed by atoms with van der Waals surface area (Å²) in [5.74, 6) is 0.839. The number of aliphatic hydroxyl groups excluding tert-OH is 1. The topological polar surface area (TPSA) is 23.5 Å². The van der Waals surface area contributed by atoms with Crippen LogP contribution in [0.15, 0.2) is 48.5 Å². The van der Waals surface area contributed by atoms with Gasteiger partial charge in [0.25, 0.3) is 0 Å². The first-order valence-corrected chi connectivity index (χ1v) is 12.1. The number of hydrogen-bond acceptors (Lipinski definition) is 2. The van der Waals surface area contributed by atoms with Gasteiger partial charge in [0.15, 0.2) is 0 Å². The molecule has 1 heterocycles. The largest absolute Gasteiger partial charge is 0.392 e. The van der Waals surface area contributed by atoms with Crippen molar-refractivity contribution in [2.24, 2.45) is 5.92 Å². The standard InChI is InChI=1S/C26H35Cl2NO/c1-5-8-25-17(3)15-23(20-9-7-10-22(28)16-20)26(19-11-13-21(27)14-12-19)29(25)24(6-2)18(4)30/h7,9-14,16-18,23-26,30H,5-6,8,15H2,1-4H3/t17?,18?,23?,24-,25?,26?/m0/s1. The molecule has 2 aromatic carbocycles. The molecule has 0 aromatic heterocycles.